The monoisotopic (exact) mass is 434 g/mol. The molecule has 160 valence electrons. The quantitative estimate of drug-likeness (QED) is 0.769. The number of amides is 2. The number of halogens is 3. The number of carboxylic acid groups (broad SMARTS) is 1. The summed E-state index contributed by atoms with van der Waals surface area (Å²) in [6, 6.07) is 4.08. The first-order valence-electron chi connectivity index (χ1n) is 9.10. The van der Waals surface area contributed by atoms with Crippen molar-refractivity contribution in [3.05, 3.63) is 35.4 Å². The molecule has 0 aromatic heterocycles. The van der Waals surface area contributed by atoms with E-state index >= 15 is 0 Å². The van der Waals surface area contributed by atoms with Gasteiger partial charge in [0.25, 0.3) is 0 Å². The van der Waals surface area contributed by atoms with E-state index in [1.54, 1.807) is 0 Å². The maximum absolute atomic E-state index is 12.8. The Morgan fingerprint density at radius 3 is 2.10 bits per heavy atom. The zero-order valence-corrected chi connectivity index (χ0v) is 16.2. The van der Waals surface area contributed by atoms with E-state index in [9.17, 15) is 36.3 Å². The number of sulfone groups is 1. The molecule has 3 rings (SSSR count). The molecule has 29 heavy (non-hydrogen) atoms. The van der Waals surface area contributed by atoms with Gasteiger partial charge in [0, 0.05) is 32.1 Å². The molecule has 2 aliphatic rings. The second-order valence-corrected chi connectivity index (χ2v) is 9.72. The number of hydrogen-bond donors (Lipinski definition) is 1. The minimum absolute atomic E-state index is 0.0193. The third-order valence-electron chi connectivity index (χ3n) is 5.39. The SMILES string of the molecule is O=C(O)C1CC(c2ccc(C(F)(F)F)cc2)CN(C(=O)N2CCS(=O)(=O)CC2)C1. The van der Waals surface area contributed by atoms with Gasteiger partial charge in [-0.2, -0.15) is 13.2 Å². The minimum Gasteiger partial charge on any atom is -0.481 e. The van der Waals surface area contributed by atoms with Gasteiger partial charge in [0.05, 0.1) is 23.0 Å². The Morgan fingerprint density at radius 2 is 1.59 bits per heavy atom. The largest absolute Gasteiger partial charge is 0.481 e. The first kappa shape index (κ1) is 21.4. The first-order chi connectivity index (χ1) is 13.5. The number of piperidine rings is 1. The second-order valence-electron chi connectivity index (χ2n) is 7.41. The fraction of sp³-hybridized carbons (Fsp3) is 0.556. The molecule has 2 saturated heterocycles. The van der Waals surface area contributed by atoms with Gasteiger partial charge in [0.1, 0.15) is 0 Å². The molecule has 1 aromatic rings. The van der Waals surface area contributed by atoms with E-state index in [1.807, 2.05) is 0 Å². The Hall–Kier alpha value is -2.30. The highest BCUT2D eigenvalue weighted by Gasteiger charge is 2.37. The summed E-state index contributed by atoms with van der Waals surface area (Å²) in [6.45, 7) is 0.229. The lowest BCUT2D eigenvalue weighted by atomic mass is 9.84. The average Bonchev–Trinajstić information content (AvgIpc) is 2.66. The van der Waals surface area contributed by atoms with Crippen LogP contribution >= 0.6 is 0 Å². The molecule has 1 aromatic carbocycles. The summed E-state index contributed by atoms with van der Waals surface area (Å²) in [5.41, 5.74) is -0.266. The van der Waals surface area contributed by atoms with E-state index in [4.69, 9.17) is 0 Å². The Labute approximate surface area is 166 Å². The number of carbonyl (C=O) groups is 2. The fourth-order valence-electron chi connectivity index (χ4n) is 3.72. The average molecular weight is 434 g/mol. The van der Waals surface area contributed by atoms with Crippen molar-refractivity contribution in [2.24, 2.45) is 5.92 Å². The lowest BCUT2D eigenvalue weighted by molar-refractivity contribution is -0.143. The zero-order valence-electron chi connectivity index (χ0n) is 15.4. The molecule has 0 radical (unpaired) electrons. The van der Waals surface area contributed by atoms with Crippen LogP contribution in [-0.2, 0) is 20.8 Å². The van der Waals surface area contributed by atoms with Crippen molar-refractivity contribution in [3.63, 3.8) is 0 Å². The Bertz CT molecular complexity index is 872. The number of carboxylic acids is 1. The molecular formula is C18H21F3N2O5S. The van der Waals surface area contributed by atoms with Crippen LogP contribution in [0.15, 0.2) is 24.3 Å². The van der Waals surface area contributed by atoms with Crippen molar-refractivity contribution < 1.29 is 36.3 Å². The van der Waals surface area contributed by atoms with Crippen molar-refractivity contribution in [2.75, 3.05) is 37.7 Å². The first-order valence-corrected chi connectivity index (χ1v) is 10.9. The van der Waals surface area contributed by atoms with E-state index in [0.717, 1.165) is 12.1 Å². The maximum Gasteiger partial charge on any atom is 0.416 e. The summed E-state index contributed by atoms with van der Waals surface area (Å²) in [7, 11) is -3.17. The van der Waals surface area contributed by atoms with Crippen molar-refractivity contribution in [1.29, 1.82) is 0 Å². The molecule has 2 fully saturated rings. The highest BCUT2D eigenvalue weighted by Crippen LogP contribution is 2.34. The van der Waals surface area contributed by atoms with Crippen LogP contribution in [0.1, 0.15) is 23.5 Å². The summed E-state index contributed by atoms with van der Waals surface area (Å²) in [4.78, 5) is 27.1. The molecule has 0 saturated carbocycles. The molecule has 1 N–H and O–H groups in total. The van der Waals surface area contributed by atoms with Gasteiger partial charge in [-0.3, -0.25) is 4.79 Å². The second kappa shape index (κ2) is 7.85. The molecule has 0 spiro atoms. The molecule has 2 aliphatic heterocycles. The molecule has 11 heteroatoms. The topological polar surface area (TPSA) is 95.0 Å². The summed E-state index contributed by atoms with van der Waals surface area (Å²) < 4.78 is 61.5. The number of alkyl halides is 3. The minimum atomic E-state index is -4.47. The Kier molecular flexibility index (Phi) is 5.79. The van der Waals surface area contributed by atoms with Crippen molar-refractivity contribution in [2.45, 2.75) is 18.5 Å². The van der Waals surface area contributed by atoms with E-state index in [-0.39, 0.29) is 44.1 Å². The predicted octanol–water partition coefficient (Wildman–Crippen LogP) is 2.05. The van der Waals surface area contributed by atoms with E-state index < -0.39 is 45.4 Å². The number of likely N-dealkylation sites (tertiary alicyclic amines) is 1. The van der Waals surface area contributed by atoms with Gasteiger partial charge in [-0.15, -0.1) is 0 Å². The van der Waals surface area contributed by atoms with Gasteiger partial charge in [-0.25, -0.2) is 13.2 Å². The highest BCUT2D eigenvalue weighted by atomic mass is 32.2. The molecule has 0 aliphatic carbocycles. The molecule has 2 atom stereocenters. The van der Waals surface area contributed by atoms with Gasteiger partial charge in [0.15, 0.2) is 9.84 Å². The zero-order chi connectivity index (χ0) is 21.4. The fourth-order valence-corrected chi connectivity index (χ4v) is 4.92. The molecular weight excluding hydrogens is 413 g/mol. The van der Waals surface area contributed by atoms with Gasteiger partial charge in [-0.1, -0.05) is 12.1 Å². The smallest absolute Gasteiger partial charge is 0.416 e. The number of urea groups is 1. The van der Waals surface area contributed by atoms with Gasteiger partial charge in [-0.05, 0) is 24.1 Å². The summed E-state index contributed by atoms with van der Waals surface area (Å²) in [5, 5.41) is 9.45. The predicted molar refractivity (Wildman–Crippen MR) is 97.1 cm³/mol. The summed E-state index contributed by atoms with van der Waals surface area (Å²) in [6.07, 6.45) is -4.26. The number of carbonyl (C=O) groups excluding carboxylic acids is 1. The molecule has 7 nitrogen and oxygen atoms in total. The highest BCUT2D eigenvalue weighted by molar-refractivity contribution is 7.91. The standard InChI is InChI=1S/C18H21F3N2O5S/c19-18(20,21)15-3-1-12(2-4-15)13-9-14(16(24)25)11-23(10-13)17(26)22-5-7-29(27,28)8-6-22/h1-4,13-14H,5-11H2,(H,24,25). The van der Waals surface area contributed by atoms with Crippen molar-refractivity contribution >= 4 is 21.8 Å². The number of nitrogens with zero attached hydrogens (tertiary/aromatic N) is 2. The normalized spacial score (nSPS) is 24.9. The van der Waals surface area contributed by atoms with Crippen molar-refractivity contribution in [3.8, 4) is 0 Å². The lowest BCUT2D eigenvalue weighted by Gasteiger charge is -2.40. The number of benzene rings is 1. The number of rotatable bonds is 2. The molecule has 0 bridgehead atoms. The number of hydrogen-bond acceptors (Lipinski definition) is 4. The van der Waals surface area contributed by atoms with Crippen molar-refractivity contribution in [1.82, 2.24) is 9.80 Å². The Morgan fingerprint density at radius 1 is 1.00 bits per heavy atom. The van der Waals surface area contributed by atoms with Crippen LogP contribution in [0.4, 0.5) is 18.0 Å². The van der Waals surface area contributed by atoms with Crippen LogP contribution < -0.4 is 0 Å². The van der Waals surface area contributed by atoms with E-state index in [1.165, 1.54) is 21.9 Å². The van der Waals surface area contributed by atoms with Crippen LogP contribution in [0.5, 0.6) is 0 Å². The van der Waals surface area contributed by atoms with Crippen LogP contribution in [-0.4, -0.2) is 73.0 Å². The summed E-state index contributed by atoms with van der Waals surface area (Å²) >= 11 is 0. The lowest BCUT2D eigenvalue weighted by Crippen LogP contribution is -2.54. The third kappa shape index (κ3) is 5.01. The van der Waals surface area contributed by atoms with Crippen LogP contribution in [0, 0.1) is 5.92 Å². The van der Waals surface area contributed by atoms with Crippen LogP contribution in [0.25, 0.3) is 0 Å². The van der Waals surface area contributed by atoms with E-state index in [2.05, 4.69) is 0 Å². The Balaban J connectivity index is 1.77. The van der Waals surface area contributed by atoms with Gasteiger partial charge in [0.2, 0.25) is 0 Å². The van der Waals surface area contributed by atoms with Crippen LogP contribution in [0.3, 0.4) is 0 Å². The number of aliphatic carboxylic acids is 1. The molecule has 2 amide bonds. The van der Waals surface area contributed by atoms with Crippen LogP contribution in [0.2, 0.25) is 0 Å². The molecule has 2 unspecified atom stereocenters. The van der Waals surface area contributed by atoms with E-state index in [0.29, 0.717) is 5.56 Å². The molecule has 2 heterocycles. The van der Waals surface area contributed by atoms with Gasteiger partial charge >= 0.3 is 18.2 Å². The maximum atomic E-state index is 12.8. The third-order valence-corrected chi connectivity index (χ3v) is 7.00. The summed E-state index contributed by atoms with van der Waals surface area (Å²) in [5.74, 6) is -2.65. The van der Waals surface area contributed by atoms with Gasteiger partial charge < -0.3 is 14.9 Å².